The van der Waals surface area contributed by atoms with Gasteiger partial charge in [0.15, 0.2) is 0 Å². The lowest BCUT2D eigenvalue weighted by atomic mass is 9.92. The molecule has 0 aliphatic heterocycles. The molecule has 0 spiro atoms. The molecule has 0 saturated carbocycles. The average molecular weight is 267 g/mol. The van der Waals surface area contributed by atoms with Crippen molar-refractivity contribution in [2.24, 2.45) is 0 Å². The predicted molar refractivity (Wildman–Crippen MR) is 80.5 cm³/mol. The van der Waals surface area contributed by atoms with Crippen molar-refractivity contribution < 1.29 is 0 Å². The summed E-state index contributed by atoms with van der Waals surface area (Å²) < 4.78 is 0. The Morgan fingerprint density at radius 1 is 1.30 bits per heavy atom. The van der Waals surface area contributed by atoms with Crippen molar-refractivity contribution >= 4 is 0 Å². The van der Waals surface area contributed by atoms with Crippen LogP contribution in [0.3, 0.4) is 0 Å². The third kappa shape index (κ3) is 2.73. The topological polar surface area (TPSA) is 37.8 Å². The molecular weight excluding hydrogens is 246 g/mol. The van der Waals surface area contributed by atoms with E-state index in [1.165, 1.54) is 28.8 Å². The van der Waals surface area contributed by atoms with E-state index in [1.807, 2.05) is 18.5 Å². The van der Waals surface area contributed by atoms with E-state index >= 15 is 0 Å². The van der Waals surface area contributed by atoms with Crippen molar-refractivity contribution in [3.05, 3.63) is 58.7 Å². The Bertz CT molecular complexity index is 607. The Morgan fingerprint density at radius 2 is 2.20 bits per heavy atom. The number of aryl methyl sites for hydroxylation is 3. The number of hydrogen-bond donors (Lipinski definition) is 1. The second kappa shape index (κ2) is 5.71. The fraction of sp³-hybridized carbons (Fsp3) is 0.412. The van der Waals surface area contributed by atoms with Gasteiger partial charge in [0.2, 0.25) is 0 Å². The second-order valence-corrected chi connectivity index (χ2v) is 5.65. The van der Waals surface area contributed by atoms with Crippen LogP contribution >= 0.6 is 0 Å². The molecule has 3 rings (SSSR count). The van der Waals surface area contributed by atoms with Gasteiger partial charge in [0.25, 0.3) is 0 Å². The highest BCUT2D eigenvalue weighted by molar-refractivity contribution is 5.26. The summed E-state index contributed by atoms with van der Waals surface area (Å²) >= 11 is 0. The first-order valence-electron chi connectivity index (χ1n) is 7.33. The Morgan fingerprint density at radius 3 is 3.05 bits per heavy atom. The average Bonchev–Trinajstić information content (AvgIpc) is 2.46. The lowest BCUT2D eigenvalue weighted by Gasteiger charge is -2.25. The maximum Gasteiger partial charge on any atom is 0.0605 e. The minimum absolute atomic E-state index is 0.363. The van der Waals surface area contributed by atoms with Crippen molar-refractivity contribution in [3.8, 4) is 0 Å². The fourth-order valence-corrected chi connectivity index (χ4v) is 2.96. The van der Waals surface area contributed by atoms with Crippen LogP contribution in [0, 0.1) is 13.8 Å². The molecule has 0 saturated heterocycles. The van der Waals surface area contributed by atoms with Gasteiger partial charge in [-0.2, -0.15) is 0 Å². The van der Waals surface area contributed by atoms with E-state index in [0.717, 1.165) is 25.1 Å². The van der Waals surface area contributed by atoms with Crippen molar-refractivity contribution in [1.82, 2.24) is 15.3 Å². The van der Waals surface area contributed by atoms with Crippen LogP contribution in [0.1, 0.15) is 47.0 Å². The number of aromatic nitrogens is 2. The monoisotopic (exact) mass is 267 g/mol. The van der Waals surface area contributed by atoms with E-state index in [1.54, 1.807) is 0 Å². The molecule has 0 bridgehead atoms. The summed E-state index contributed by atoms with van der Waals surface area (Å²) in [5.74, 6) is 0. The first-order chi connectivity index (χ1) is 9.74. The van der Waals surface area contributed by atoms with Crippen molar-refractivity contribution in [2.45, 2.75) is 45.7 Å². The van der Waals surface area contributed by atoms with Crippen LogP contribution in [0.15, 0.2) is 30.6 Å². The van der Waals surface area contributed by atoms with Crippen LogP contribution in [0.2, 0.25) is 0 Å². The molecule has 2 aromatic rings. The van der Waals surface area contributed by atoms with Crippen LogP contribution in [0.5, 0.6) is 0 Å². The predicted octanol–water partition coefficient (Wildman–Crippen LogP) is 3.26. The van der Waals surface area contributed by atoms with Crippen molar-refractivity contribution in [3.63, 3.8) is 0 Å². The standard InChI is InChI=1S/C17H21N3/c1-12-9-13(2)16(19-10-12)11-20-15-7-3-5-14-6-4-8-18-17(14)15/h4,6,8-10,15,20H,3,5,7,11H2,1-2H3/t15-/m1/s1. The van der Waals surface area contributed by atoms with Gasteiger partial charge < -0.3 is 5.32 Å². The lowest BCUT2D eigenvalue weighted by Crippen LogP contribution is -2.26. The largest absolute Gasteiger partial charge is 0.303 e. The molecular formula is C17H21N3. The van der Waals surface area contributed by atoms with Crippen LogP contribution in [-0.4, -0.2) is 9.97 Å². The van der Waals surface area contributed by atoms with Gasteiger partial charge in [-0.3, -0.25) is 9.97 Å². The molecule has 2 heterocycles. The second-order valence-electron chi connectivity index (χ2n) is 5.65. The third-order valence-electron chi connectivity index (χ3n) is 4.03. The van der Waals surface area contributed by atoms with Crippen molar-refractivity contribution in [1.29, 1.82) is 0 Å². The Hall–Kier alpha value is -1.74. The van der Waals surface area contributed by atoms with Gasteiger partial charge >= 0.3 is 0 Å². The van der Waals surface area contributed by atoms with E-state index in [9.17, 15) is 0 Å². The smallest absolute Gasteiger partial charge is 0.0605 e. The molecule has 104 valence electrons. The summed E-state index contributed by atoms with van der Waals surface area (Å²) in [4.78, 5) is 9.10. The number of nitrogens with one attached hydrogen (secondary N) is 1. The first kappa shape index (κ1) is 13.3. The van der Waals surface area contributed by atoms with E-state index in [4.69, 9.17) is 0 Å². The van der Waals surface area contributed by atoms with E-state index < -0.39 is 0 Å². The first-order valence-corrected chi connectivity index (χ1v) is 7.33. The zero-order valence-electron chi connectivity index (χ0n) is 12.2. The SMILES string of the molecule is Cc1cnc(CN[C@@H]2CCCc3cccnc32)c(C)c1. The van der Waals surface area contributed by atoms with E-state index in [0.29, 0.717) is 6.04 Å². The number of fused-ring (bicyclic) bond motifs is 1. The van der Waals surface area contributed by atoms with Gasteiger partial charge in [0.1, 0.15) is 0 Å². The van der Waals surface area contributed by atoms with Gasteiger partial charge in [0, 0.05) is 18.9 Å². The summed E-state index contributed by atoms with van der Waals surface area (Å²) in [6, 6.07) is 6.79. The van der Waals surface area contributed by atoms with Gasteiger partial charge in [-0.15, -0.1) is 0 Å². The van der Waals surface area contributed by atoms with Gasteiger partial charge in [0.05, 0.1) is 17.4 Å². The molecule has 0 fully saturated rings. The van der Waals surface area contributed by atoms with Gasteiger partial charge in [-0.1, -0.05) is 12.1 Å². The molecule has 0 unspecified atom stereocenters. The normalized spacial score (nSPS) is 17.8. The number of hydrogen-bond acceptors (Lipinski definition) is 3. The van der Waals surface area contributed by atoms with Crippen LogP contribution in [-0.2, 0) is 13.0 Å². The summed E-state index contributed by atoms with van der Waals surface area (Å²) in [6.45, 7) is 5.02. The Kier molecular flexibility index (Phi) is 3.79. The zero-order chi connectivity index (χ0) is 13.9. The molecule has 0 radical (unpaired) electrons. The summed E-state index contributed by atoms with van der Waals surface area (Å²) in [5.41, 5.74) is 6.23. The molecule has 1 N–H and O–H groups in total. The molecule has 1 aliphatic carbocycles. The van der Waals surface area contributed by atoms with Crippen molar-refractivity contribution in [2.75, 3.05) is 0 Å². The zero-order valence-corrected chi connectivity index (χ0v) is 12.2. The Balaban J connectivity index is 1.73. The van der Waals surface area contributed by atoms with Gasteiger partial charge in [-0.25, -0.2) is 0 Å². The van der Waals surface area contributed by atoms with Gasteiger partial charge in [-0.05, 0) is 55.9 Å². The van der Waals surface area contributed by atoms with Crippen LogP contribution in [0.25, 0.3) is 0 Å². The Labute approximate surface area is 120 Å². The highest BCUT2D eigenvalue weighted by Gasteiger charge is 2.20. The van der Waals surface area contributed by atoms with Crippen LogP contribution in [0.4, 0.5) is 0 Å². The molecule has 3 heteroatoms. The minimum Gasteiger partial charge on any atom is -0.303 e. The molecule has 2 aromatic heterocycles. The van der Waals surface area contributed by atoms with E-state index in [-0.39, 0.29) is 0 Å². The summed E-state index contributed by atoms with van der Waals surface area (Å²) in [5, 5.41) is 3.63. The lowest BCUT2D eigenvalue weighted by molar-refractivity contribution is 0.444. The molecule has 0 aromatic carbocycles. The maximum atomic E-state index is 4.57. The third-order valence-corrected chi connectivity index (χ3v) is 4.03. The minimum atomic E-state index is 0.363. The molecule has 20 heavy (non-hydrogen) atoms. The molecule has 3 nitrogen and oxygen atoms in total. The highest BCUT2D eigenvalue weighted by Crippen LogP contribution is 2.27. The van der Waals surface area contributed by atoms with Crippen LogP contribution < -0.4 is 5.32 Å². The quantitative estimate of drug-likeness (QED) is 0.927. The maximum absolute atomic E-state index is 4.57. The summed E-state index contributed by atoms with van der Waals surface area (Å²) in [6.07, 6.45) is 7.39. The van der Waals surface area contributed by atoms with E-state index in [2.05, 4.69) is 41.3 Å². The number of pyridine rings is 2. The summed E-state index contributed by atoms with van der Waals surface area (Å²) in [7, 11) is 0. The number of nitrogens with zero attached hydrogens (tertiary/aromatic N) is 2. The molecule has 0 amide bonds. The number of rotatable bonds is 3. The molecule has 1 aliphatic rings. The fourth-order valence-electron chi connectivity index (χ4n) is 2.96. The molecule has 1 atom stereocenters. The highest BCUT2D eigenvalue weighted by atomic mass is 15.0.